The average Bonchev–Trinajstić information content (AvgIpc) is 2.95. The Balaban J connectivity index is 2.15. The molecule has 0 saturated carbocycles. The lowest BCUT2D eigenvalue weighted by molar-refractivity contribution is -0.118. The van der Waals surface area contributed by atoms with Crippen LogP contribution in [0, 0.1) is 0 Å². The van der Waals surface area contributed by atoms with E-state index in [1.54, 1.807) is 12.2 Å². The van der Waals surface area contributed by atoms with Crippen molar-refractivity contribution in [3.05, 3.63) is 55.6 Å². The molecule has 1 amide bonds. The first-order valence-electron chi connectivity index (χ1n) is 6.86. The number of aromatic nitrogens is 3. The maximum atomic E-state index is 11.7. The molecule has 1 N–H and O–H groups in total. The van der Waals surface area contributed by atoms with Crippen molar-refractivity contribution in [2.45, 2.75) is 11.7 Å². The van der Waals surface area contributed by atoms with Crippen LogP contribution in [-0.2, 0) is 11.3 Å². The van der Waals surface area contributed by atoms with Crippen molar-refractivity contribution in [2.75, 3.05) is 12.3 Å². The van der Waals surface area contributed by atoms with E-state index in [9.17, 15) is 4.79 Å². The van der Waals surface area contributed by atoms with Crippen molar-refractivity contribution < 1.29 is 4.79 Å². The molecule has 5 nitrogen and oxygen atoms in total. The van der Waals surface area contributed by atoms with Crippen LogP contribution in [-0.4, -0.2) is 33.0 Å². The fraction of sp³-hybridized carbons (Fsp3) is 0.188. The number of hydrogen-bond acceptors (Lipinski definition) is 4. The van der Waals surface area contributed by atoms with Gasteiger partial charge in [0.15, 0.2) is 11.0 Å². The summed E-state index contributed by atoms with van der Waals surface area (Å²) in [6, 6.07) is 9.83. The second-order valence-electron chi connectivity index (χ2n) is 4.45. The third-order valence-electron chi connectivity index (χ3n) is 2.84. The number of rotatable bonds is 8. The molecular weight excluding hydrogens is 296 g/mol. The molecule has 22 heavy (non-hydrogen) atoms. The molecule has 0 spiro atoms. The molecule has 0 atom stereocenters. The minimum Gasteiger partial charge on any atom is -0.352 e. The van der Waals surface area contributed by atoms with Gasteiger partial charge in [-0.2, -0.15) is 0 Å². The Labute approximate surface area is 134 Å². The third kappa shape index (κ3) is 4.08. The Kier molecular flexibility index (Phi) is 5.97. The number of amides is 1. The van der Waals surface area contributed by atoms with Crippen LogP contribution in [0.15, 0.2) is 60.8 Å². The normalized spacial score (nSPS) is 10.2. The molecule has 114 valence electrons. The van der Waals surface area contributed by atoms with Crippen LogP contribution in [0.5, 0.6) is 0 Å². The van der Waals surface area contributed by atoms with E-state index < -0.39 is 0 Å². The zero-order valence-corrected chi connectivity index (χ0v) is 13.1. The molecule has 0 fully saturated rings. The van der Waals surface area contributed by atoms with Crippen LogP contribution in [0.4, 0.5) is 0 Å². The Morgan fingerprint density at radius 2 is 2.00 bits per heavy atom. The molecule has 1 aromatic heterocycles. The molecule has 0 bridgehead atoms. The van der Waals surface area contributed by atoms with Crippen LogP contribution in [0.3, 0.4) is 0 Å². The van der Waals surface area contributed by atoms with E-state index in [0.29, 0.717) is 18.2 Å². The third-order valence-corrected chi connectivity index (χ3v) is 3.80. The summed E-state index contributed by atoms with van der Waals surface area (Å²) in [6.45, 7) is 8.40. The highest BCUT2D eigenvalue weighted by Gasteiger charge is 2.14. The number of thioether (sulfide) groups is 1. The van der Waals surface area contributed by atoms with Gasteiger partial charge in [0.25, 0.3) is 0 Å². The Bertz CT molecular complexity index is 651. The molecule has 0 saturated heterocycles. The van der Waals surface area contributed by atoms with E-state index in [0.717, 1.165) is 11.4 Å². The largest absolute Gasteiger partial charge is 0.352 e. The van der Waals surface area contributed by atoms with Gasteiger partial charge in [0, 0.05) is 18.7 Å². The van der Waals surface area contributed by atoms with Gasteiger partial charge in [0.1, 0.15) is 0 Å². The first-order chi connectivity index (χ1) is 10.8. The number of carbonyl (C=O) groups is 1. The fourth-order valence-corrected chi connectivity index (χ4v) is 2.63. The molecule has 0 unspecified atom stereocenters. The number of allylic oxidation sites excluding steroid dienone is 1. The SMILES string of the molecule is C=CCNC(=O)CSc1nnc(-c2ccccc2)n1CC=C. The van der Waals surface area contributed by atoms with E-state index in [1.165, 1.54) is 11.8 Å². The van der Waals surface area contributed by atoms with E-state index >= 15 is 0 Å². The lowest BCUT2D eigenvalue weighted by atomic mass is 10.2. The van der Waals surface area contributed by atoms with Gasteiger partial charge in [-0.05, 0) is 0 Å². The molecule has 0 aliphatic heterocycles. The molecule has 0 aliphatic rings. The average molecular weight is 314 g/mol. The summed E-state index contributed by atoms with van der Waals surface area (Å²) in [5.41, 5.74) is 0.986. The molecule has 2 aromatic rings. The zero-order chi connectivity index (χ0) is 15.8. The van der Waals surface area contributed by atoms with E-state index in [4.69, 9.17) is 0 Å². The van der Waals surface area contributed by atoms with Gasteiger partial charge in [-0.15, -0.1) is 23.4 Å². The standard InChI is InChI=1S/C16H18N4OS/c1-3-10-17-14(21)12-22-16-19-18-15(20(16)11-4-2)13-8-6-5-7-9-13/h3-9H,1-2,10-12H2,(H,17,21). The number of hydrogen-bond donors (Lipinski definition) is 1. The zero-order valence-electron chi connectivity index (χ0n) is 12.2. The molecule has 0 aliphatic carbocycles. The highest BCUT2D eigenvalue weighted by atomic mass is 32.2. The predicted octanol–water partition coefficient (Wildman–Crippen LogP) is 2.53. The van der Waals surface area contributed by atoms with Gasteiger partial charge < -0.3 is 5.32 Å². The predicted molar refractivity (Wildman–Crippen MR) is 89.6 cm³/mol. The smallest absolute Gasteiger partial charge is 0.230 e. The molecule has 1 aromatic carbocycles. The van der Waals surface area contributed by atoms with Crippen molar-refractivity contribution in [3.63, 3.8) is 0 Å². The second kappa shape index (κ2) is 8.19. The van der Waals surface area contributed by atoms with Crippen LogP contribution in [0.1, 0.15) is 0 Å². The number of benzene rings is 1. The van der Waals surface area contributed by atoms with Crippen LogP contribution < -0.4 is 5.32 Å². The highest BCUT2D eigenvalue weighted by Crippen LogP contribution is 2.23. The van der Waals surface area contributed by atoms with Crippen molar-refractivity contribution in [1.29, 1.82) is 0 Å². The maximum absolute atomic E-state index is 11.7. The Morgan fingerprint density at radius 3 is 2.68 bits per heavy atom. The molecule has 1 heterocycles. The summed E-state index contributed by atoms with van der Waals surface area (Å²) < 4.78 is 1.95. The van der Waals surface area contributed by atoms with Crippen molar-refractivity contribution in [2.24, 2.45) is 0 Å². The quantitative estimate of drug-likeness (QED) is 0.601. The topological polar surface area (TPSA) is 59.8 Å². The van der Waals surface area contributed by atoms with Gasteiger partial charge in [-0.25, -0.2) is 0 Å². The maximum Gasteiger partial charge on any atom is 0.230 e. The Morgan fingerprint density at radius 1 is 1.23 bits per heavy atom. The summed E-state index contributed by atoms with van der Waals surface area (Å²) in [7, 11) is 0. The van der Waals surface area contributed by atoms with E-state index in [1.807, 2.05) is 34.9 Å². The molecular formula is C16H18N4OS. The molecule has 0 radical (unpaired) electrons. The van der Waals surface area contributed by atoms with Gasteiger partial charge in [0.05, 0.1) is 5.75 Å². The minimum absolute atomic E-state index is 0.0562. The second-order valence-corrected chi connectivity index (χ2v) is 5.40. The Hall–Kier alpha value is -2.34. The highest BCUT2D eigenvalue weighted by molar-refractivity contribution is 7.99. The van der Waals surface area contributed by atoms with Crippen LogP contribution >= 0.6 is 11.8 Å². The molecule has 2 rings (SSSR count). The minimum atomic E-state index is -0.0562. The summed E-state index contributed by atoms with van der Waals surface area (Å²) in [4.78, 5) is 11.7. The van der Waals surface area contributed by atoms with E-state index in [2.05, 4.69) is 28.7 Å². The first kappa shape index (κ1) is 16.0. The number of nitrogens with zero attached hydrogens (tertiary/aromatic N) is 3. The van der Waals surface area contributed by atoms with E-state index in [-0.39, 0.29) is 11.7 Å². The van der Waals surface area contributed by atoms with Crippen LogP contribution in [0.25, 0.3) is 11.4 Å². The van der Waals surface area contributed by atoms with Crippen molar-refractivity contribution in [3.8, 4) is 11.4 Å². The van der Waals surface area contributed by atoms with Gasteiger partial charge in [0.2, 0.25) is 5.91 Å². The first-order valence-corrected chi connectivity index (χ1v) is 7.84. The lowest BCUT2D eigenvalue weighted by Gasteiger charge is -2.07. The van der Waals surface area contributed by atoms with Gasteiger partial charge in [-0.1, -0.05) is 54.2 Å². The number of carbonyl (C=O) groups excluding carboxylic acids is 1. The molecule has 6 heteroatoms. The van der Waals surface area contributed by atoms with Gasteiger partial charge >= 0.3 is 0 Å². The summed E-state index contributed by atoms with van der Waals surface area (Å²) in [5, 5.41) is 11.9. The van der Waals surface area contributed by atoms with Crippen molar-refractivity contribution >= 4 is 17.7 Å². The fourth-order valence-electron chi connectivity index (χ4n) is 1.86. The van der Waals surface area contributed by atoms with Crippen molar-refractivity contribution in [1.82, 2.24) is 20.1 Å². The summed E-state index contributed by atoms with van der Waals surface area (Å²) in [5.74, 6) is 1.01. The van der Waals surface area contributed by atoms with Gasteiger partial charge in [-0.3, -0.25) is 9.36 Å². The summed E-state index contributed by atoms with van der Waals surface area (Å²) >= 11 is 1.36. The monoisotopic (exact) mass is 314 g/mol. The van der Waals surface area contributed by atoms with Crippen LogP contribution in [0.2, 0.25) is 0 Å². The summed E-state index contributed by atoms with van der Waals surface area (Å²) in [6.07, 6.45) is 3.44. The lowest BCUT2D eigenvalue weighted by Crippen LogP contribution is -2.25. The number of nitrogens with one attached hydrogen (secondary N) is 1.